The Bertz CT molecular complexity index is 697. The van der Waals surface area contributed by atoms with Gasteiger partial charge in [0.1, 0.15) is 11.6 Å². The second-order valence-corrected chi connectivity index (χ2v) is 5.36. The Labute approximate surface area is 134 Å². The first-order valence-corrected chi connectivity index (χ1v) is 7.51. The van der Waals surface area contributed by atoms with Crippen LogP contribution in [-0.2, 0) is 0 Å². The van der Waals surface area contributed by atoms with Gasteiger partial charge >= 0.3 is 5.97 Å². The smallest absolute Gasteiger partial charge is 0.354 e. The molecule has 3 rings (SSSR count). The Balaban J connectivity index is 1.68. The van der Waals surface area contributed by atoms with Gasteiger partial charge in [-0.1, -0.05) is 12.1 Å². The molecule has 0 saturated carbocycles. The van der Waals surface area contributed by atoms with Gasteiger partial charge in [-0.15, -0.1) is 0 Å². The van der Waals surface area contributed by atoms with Crippen LogP contribution in [0.4, 0.5) is 11.5 Å². The number of hydrogen-bond acceptors (Lipinski definition) is 5. The zero-order valence-corrected chi connectivity index (χ0v) is 13.0. The number of carbonyl (C=O) groups is 1. The number of nitrogens with zero attached hydrogens (tertiary/aromatic N) is 3. The van der Waals surface area contributed by atoms with Crippen LogP contribution in [0, 0.1) is 0 Å². The first kappa shape index (κ1) is 15.1. The number of pyridine rings is 1. The van der Waals surface area contributed by atoms with Crippen molar-refractivity contribution in [3.63, 3.8) is 0 Å². The second kappa shape index (κ2) is 6.56. The molecule has 1 aromatic carbocycles. The number of aromatic nitrogens is 1. The molecule has 23 heavy (non-hydrogen) atoms. The van der Waals surface area contributed by atoms with Crippen molar-refractivity contribution < 1.29 is 14.6 Å². The number of anilines is 2. The van der Waals surface area contributed by atoms with Crippen LogP contribution >= 0.6 is 0 Å². The van der Waals surface area contributed by atoms with Crippen LogP contribution < -0.4 is 14.5 Å². The normalized spacial score (nSPS) is 14.7. The van der Waals surface area contributed by atoms with Gasteiger partial charge in [-0.2, -0.15) is 0 Å². The fraction of sp³-hybridized carbons (Fsp3) is 0.294. The summed E-state index contributed by atoms with van der Waals surface area (Å²) in [5.41, 5.74) is 1.22. The summed E-state index contributed by atoms with van der Waals surface area (Å²) in [6.45, 7) is 3.30. The number of hydrogen-bond donors (Lipinski definition) is 1. The fourth-order valence-corrected chi connectivity index (χ4v) is 2.72. The van der Waals surface area contributed by atoms with Crippen LogP contribution in [0.3, 0.4) is 0 Å². The number of ether oxygens (including phenoxy) is 1. The minimum Gasteiger partial charge on any atom is -0.497 e. The van der Waals surface area contributed by atoms with Crippen molar-refractivity contribution in [1.82, 2.24) is 4.98 Å². The minimum atomic E-state index is -0.998. The Kier molecular flexibility index (Phi) is 4.32. The van der Waals surface area contributed by atoms with Crippen LogP contribution in [0.15, 0.2) is 42.5 Å². The highest BCUT2D eigenvalue weighted by Gasteiger charge is 2.19. The lowest BCUT2D eigenvalue weighted by Crippen LogP contribution is -2.46. The molecule has 0 atom stereocenters. The van der Waals surface area contributed by atoms with Crippen LogP contribution in [-0.4, -0.2) is 49.3 Å². The summed E-state index contributed by atoms with van der Waals surface area (Å²) in [7, 11) is 1.66. The Morgan fingerprint density at radius 3 is 2.48 bits per heavy atom. The summed E-state index contributed by atoms with van der Waals surface area (Å²) < 4.78 is 5.27. The van der Waals surface area contributed by atoms with Gasteiger partial charge in [-0.05, 0) is 24.3 Å². The van der Waals surface area contributed by atoms with E-state index in [2.05, 4.69) is 20.9 Å². The van der Waals surface area contributed by atoms with Crippen LogP contribution in [0.2, 0.25) is 0 Å². The summed E-state index contributed by atoms with van der Waals surface area (Å²) in [5, 5.41) is 9.05. The molecule has 6 nitrogen and oxygen atoms in total. The molecule has 0 unspecified atom stereocenters. The molecule has 0 bridgehead atoms. The lowest BCUT2D eigenvalue weighted by Gasteiger charge is -2.36. The Hall–Kier alpha value is -2.76. The Morgan fingerprint density at radius 1 is 1.09 bits per heavy atom. The molecule has 0 spiro atoms. The molecule has 1 saturated heterocycles. The number of piperazine rings is 1. The number of benzene rings is 1. The predicted molar refractivity (Wildman–Crippen MR) is 88.6 cm³/mol. The number of carboxylic acids is 1. The largest absolute Gasteiger partial charge is 0.497 e. The molecule has 0 radical (unpaired) electrons. The summed E-state index contributed by atoms with van der Waals surface area (Å²) in [6, 6.07) is 13.1. The third kappa shape index (κ3) is 3.36. The van der Waals surface area contributed by atoms with Gasteiger partial charge in [-0.25, -0.2) is 9.78 Å². The highest BCUT2D eigenvalue weighted by atomic mass is 16.5. The van der Waals surface area contributed by atoms with Crippen molar-refractivity contribution in [3.05, 3.63) is 48.2 Å². The van der Waals surface area contributed by atoms with Gasteiger partial charge in [0.05, 0.1) is 7.11 Å². The first-order chi connectivity index (χ1) is 11.2. The maximum absolute atomic E-state index is 11.0. The molecule has 2 heterocycles. The standard InChI is InChI=1S/C17H19N3O3/c1-23-14-5-2-4-13(12-14)19-8-10-20(11-9-19)16-7-3-6-15(18-16)17(21)22/h2-7,12H,8-11H2,1H3,(H,21,22). The average Bonchev–Trinajstić information content (AvgIpc) is 2.62. The van der Waals surface area contributed by atoms with Crippen molar-refractivity contribution >= 4 is 17.5 Å². The molecule has 1 N–H and O–H groups in total. The first-order valence-electron chi connectivity index (χ1n) is 7.51. The van der Waals surface area contributed by atoms with Crippen molar-refractivity contribution in [2.24, 2.45) is 0 Å². The van der Waals surface area contributed by atoms with E-state index in [-0.39, 0.29) is 5.69 Å². The number of methoxy groups -OCH3 is 1. The molecule has 6 heteroatoms. The molecule has 120 valence electrons. The monoisotopic (exact) mass is 313 g/mol. The van der Waals surface area contributed by atoms with Crippen LogP contribution in [0.25, 0.3) is 0 Å². The van der Waals surface area contributed by atoms with E-state index in [0.717, 1.165) is 43.4 Å². The van der Waals surface area contributed by atoms with Gasteiger partial charge in [0, 0.05) is 37.9 Å². The SMILES string of the molecule is COc1cccc(N2CCN(c3cccc(C(=O)O)n3)CC2)c1. The van der Waals surface area contributed by atoms with E-state index in [1.165, 1.54) is 6.07 Å². The highest BCUT2D eigenvalue weighted by molar-refractivity contribution is 5.85. The highest BCUT2D eigenvalue weighted by Crippen LogP contribution is 2.23. The van der Waals surface area contributed by atoms with Gasteiger partial charge in [-0.3, -0.25) is 0 Å². The molecule has 0 aliphatic carbocycles. The lowest BCUT2D eigenvalue weighted by molar-refractivity contribution is 0.0690. The molecule has 0 amide bonds. The van der Waals surface area contributed by atoms with Crippen LogP contribution in [0.1, 0.15) is 10.5 Å². The zero-order chi connectivity index (χ0) is 16.2. The van der Waals surface area contributed by atoms with Crippen molar-refractivity contribution in [2.45, 2.75) is 0 Å². The maximum atomic E-state index is 11.0. The molecule has 1 aliphatic rings. The van der Waals surface area contributed by atoms with Crippen molar-refractivity contribution in [2.75, 3.05) is 43.1 Å². The number of carboxylic acid groups (broad SMARTS) is 1. The molecular weight excluding hydrogens is 294 g/mol. The zero-order valence-electron chi connectivity index (χ0n) is 13.0. The molecule has 2 aromatic rings. The summed E-state index contributed by atoms with van der Waals surface area (Å²) >= 11 is 0. The minimum absolute atomic E-state index is 0.0812. The van der Waals surface area contributed by atoms with Crippen molar-refractivity contribution in [1.29, 1.82) is 0 Å². The van der Waals surface area contributed by atoms with E-state index >= 15 is 0 Å². The van der Waals surface area contributed by atoms with Gasteiger partial charge in [0.25, 0.3) is 0 Å². The fourth-order valence-electron chi connectivity index (χ4n) is 2.72. The number of rotatable bonds is 4. The average molecular weight is 313 g/mol. The summed E-state index contributed by atoms with van der Waals surface area (Å²) in [5.74, 6) is 0.567. The quantitative estimate of drug-likeness (QED) is 0.932. The molecule has 1 aliphatic heterocycles. The van der Waals surface area contributed by atoms with Crippen molar-refractivity contribution in [3.8, 4) is 5.75 Å². The van der Waals surface area contributed by atoms with Gasteiger partial charge in [0.15, 0.2) is 5.69 Å². The molecular formula is C17H19N3O3. The van der Waals surface area contributed by atoms with Gasteiger partial charge in [0.2, 0.25) is 0 Å². The van der Waals surface area contributed by atoms with E-state index < -0.39 is 5.97 Å². The van der Waals surface area contributed by atoms with E-state index in [1.54, 1.807) is 13.2 Å². The number of aromatic carboxylic acids is 1. The van der Waals surface area contributed by atoms with Crippen LogP contribution in [0.5, 0.6) is 5.75 Å². The van der Waals surface area contributed by atoms with E-state index in [4.69, 9.17) is 9.84 Å². The molecule has 1 aromatic heterocycles. The summed E-state index contributed by atoms with van der Waals surface area (Å²) in [4.78, 5) is 19.6. The predicted octanol–water partition coefficient (Wildman–Crippen LogP) is 2.12. The Morgan fingerprint density at radius 2 is 1.78 bits per heavy atom. The lowest BCUT2D eigenvalue weighted by atomic mass is 10.2. The second-order valence-electron chi connectivity index (χ2n) is 5.36. The van der Waals surface area contributed by atoms with E-state index in [0.29, 0.717) is 0 Å². The van der Waals surface area contributed by atoms with E-state index in [1.807, 2.05) is 24.3 Å². The van der Waals surface area contributed by atoms with Gasteiger partial charge < -0.3 is 19.6 Å². The third-order valence-corrected chi connectivity index (χ3v) is 3.98. The van der Waals surface area contributed by atoms with E-state index in [9.17, 15) is 4.79 Å². The third-order valence-electron chi connectivity index (χ3n) is 3.98. The summed E-state index contributed by atoms with van der Waals surface area (Å²) in [6.07, 6.45) is 0. The maximum Gasteiger partial charge on any atom is 0.354 e. The topological polar surface area (TPSA) is 65.9 Å². The molecule has 1 fully saturated rings.